The van der Waals surface area contributed by atoms with Gasteiger partial charge in [-0.1, -0.05) is 18.2 Å². The van der Waals surface area contributed by atoms with E-state index >= 15 is 0 Å². The number of para-hydroxylation sites is 1. The number of amides is 1. The number of aryl methyl sites for hydroxylation is 2. The van der Waals surface area contributed by atoms with Crippen LogP contribution in [0.25, 0.3) is 5.69 Å². The number of pyridine rings is 1. The van der Waals surface area contributed by atoms with Crippen LogP contribution >= 0.6 is 0 Å². The molecular weight excluding hydrogens is 417 g/mol. The van der Waals surface area contributed by atoms with Gasteiger partial charge in [0.1, 0.15) is 5.82 Å². The third-order valence-corrected chi connectivity index (χ3v) is 5.98. The van der Waals surface area contributed by atoms with Gasteiger partial charge in [-0.05, 0) is 50.6 Å². The van der Waals surface area contributed by atoms with E-state index in [9.17, 15) is 18.0 Å². The van der Waals surface area contributed by atoms with Crippen molar-refractivity contribution < 1.29 is 18.0 Å². The molecule has 0 radical (unpaired) electrons. The Morgan fingerprint density at radius 1 is 0.969 bits per heavy atom. The molecule has 2 aromatic heterocycles. The number of nitrogens with zero attached hydrogens (tertiary/aromatic N) is 4. The van der Waals surface area contributed by atoms with E-state index in [-0.39, 0.29) is 5.91 Å². The second kappa shape index (κ2) is 8.33. The zero-order valence-corrected chi connectivity index (χ0v) is 18.3. The maximum atomic E-state index is 13.3. The lowest BCUT2D eigenvalue weighted by atomic mass is 10.1. The maximum absolute atomic E-state index is 13.3. The molecule has 0 N–H and O–H groups in total. The Hall–Kier alpha value is -3.29. The van der Waals surface area contributed by atoms with E-state index in [2.05, 4.69) is 9.55 Å². The van der Waals surface area contributed by atoms with Crippen molar-refractivity contribution in [2.45, 2.75) is 26.9 Å². The molecule has 3 heterocycles. The largest absolute Gasteiger partial charge is 0.417 e. The monoisotopic (exact) mass is 442 g/mol. The van der Waals surface area contributed by atoms with Crippen LogP contribution in [0.15, 0.2) is 48.7 Å². The third kappa shape index (κ3) is 4.09. The summed E-state index contributed by atoms with van der Waals surface area (Å²) in [6.45, 7) is 7.98. The van der Waals surface area contributed by atoms with Crippen LogP contribution in [0.4, 0.5) is 19.0 Å². The van der Waals surface area contributed by atoms with Crippen LogP contribution in [0, 0.1) is 20.8 Å². The molecule has 0 atom stereocenters. The summed E-state index contributed by atoms with van der Waals surface area (Å²) in [5, 5.41) is 0. The van der Waals surface area contributed by atoms with Gasteiger partial charge in [0.25, 0.3) is 5.91 Å². The van der Waals surface area contributed by atoms with Gasteiger partial charge in [-0.25, -0.2) is 4.98 Å². The molecule has 1 aliphatic heterocycles. The van der Waals surface area contributed by atoms with Gasteiger partial charge < -0.3 is 14.4 Å². The average molecular weight is 442 g/mol. The number of alkyl halides is 3. The smallest absolute Gasteiger partial charge is 0.353 e. The van der Waals surface area contributed by atoms with Crippen LogP contribution in [0.3, 0.4) is 0 Å². The highest BCUT2D eigenvalue weighted by Crippen LogP contribution is 2.30. The molecule has 1 fully saturated rings. The van der Waals surface area contributed by atoms with Crippen molar-refractivity contribution in [1.82, 2.24) is 14.5 Å². The van der Waals surface area contributed by atoms with Crippen molar-refractivity contribution in [3.05, 3.63) is 76.7 Å². The quantitative estimate of drug-likeness (QED) is 0.586. The van der Waals surface area contributed by atoms with E-state index in [1.54, 1.807) is 4.90 Å². The van der Waals surface area contributed by atoms with Crippen molar-refractivity contribution in [2.75, 3.05) is 31.1 Å². The molecule has 8 heteroatoms. The fourth-order valence-electron chi connectivity index (χ4n) is 4.21. The van der Waals surface area contributed by atoms with Crippen LogP contribution in [-0.2, 0) is 6.18 Å². The molecule has 3 aromatic rings. The summed E-state index contributed by atoms with van der Waals surface area (Å²) < 4.78 is 40.4. The number of carbonyl (C=O) groups is 1. The molecule has 0 bridgehead atoms. The Labute approximate surface area is 185 Å². The van der Waals surface area contributed by atoms with Gasteiger partial charge in [-0.3, -0.25) is 4.79 Å². The van der Waals surface area contributed by atoms with Gasteiger partial charge in [0, 0.05) is 49.5 Å². The number of carbonyl (C=O) groups excluding carboxylic acids is 1. The predicted octanol–water partition coefficient (Wildman–Crippen LogP) is 4.78. The zero-order valence-electron chi connectivity index (χ0n) is 18.3. The number of benzene rings is 1. The summed E-state index contributed by atoms with van der Waals surface area (Å²) in [6, 6.07) is 12.4. The summed E-state index contributed by atoms with van der Waals surface area (Å²) in [5.41, 5.74) is 3.98. The lowest BCUT2D eigenvalue weighted by Gasteiger charge is -2.35. The summed E-state index contributed by atoms with van der Waals surface area (Å²) in [6.07, 6.45) is -3.55. The van der Waals surface area contributed by atoms with Crippen molar-refractivity contribution in [3.8, 4) is 5.69 Å². The lowest BCUT2D eigenvalue weighted by molar-refractivity contribution is -0.137. The molecule has 0 spiro atoms. The van der Waals surface area contributed by atoms with E-state index in [1.165, 1.54) is 6.07 Å². The fraction of sp³-hybridized carbons (Fsp3) is 0.333. The lowest BCUT2D eigenvalue weighted by Crippen LogP contribution is -2.49. The van der Waals surface area contributed by atoms with E-state index in [0.717, 1.165) is 34.9 Å². The van der Waals surface area contributed by atoms with E-state index in [4.69, 9.17) is 0 Å². The van der Waals surface area contributed by atoms with Crippen LogP contribution in [0.2, 0.25) is 0 Å². The molecule has 168 valence electrons. The summed E-state index contributed by atoms with van der Waals surface area (Å²) in [5.74, 6) is 0.459. The number of rotatable bonds is 3. The minimum absolute atomic E-state index is 0.0297. The SMILES string of the molecule is Cc1ccccc1-n1c(C)cc(C(=O)N2CCN(c3ccc(C(F)(F)F)cn3)CC2)c1C. The van der Waals surface area contributed by atoms with Crippen molar-refractivity contribution in [3.63, 3.8) is 0 Å². The van der Waals surface area contributed by atoms with E-state index in [1.807, 2.05) is 56.0 Å². The number of anilines is 1. The van der Waals surface area contributed by atoms with Crippen LogP contribution in [-0.4, -0.2) is 46.5 Å². The van der Waals surface area contributed by atoms with Crippen LogP contribution in [0.5, 0.6) is 0 Å². The second-order valence-corrected chi connectivity index (χ2v) is 8.09. The summed E-state index contributed by atoms with van der Waals surface area (Å²) in [7, 11) is 0. The minimum atomic E-state index is -4.40. The molecule has 1 amide bonds. The van der Waals surface area contributed by atoms with Gasteiger partial charge in [-0.2, -0.15) is 13.2 Å². The first kappa shape index (κ1) is 21.9. The molecule has 32 heavy (non-hydrogen) atoms. The molecule has 0 saturated carbocycles. The molecular formula is C24H25F3N4O. The number of piperazine rings is 1. The molecule has 0 aliphatic carbocycles. The van der Waals surface area contributed by atoms with Crippen LogP contribution in [0.1, 0.15) is 32.9 Å². The third-order valence-electron chi connectivity index (χ3n) is 5.98. The Morgan fingerprint density at radius 2 is 1.66 bits per heavy atom. The Kier molecular flexibility index (Phi) is 5.71. The summed E-state index contributed by atoms with van der Waals surface area (Å²) >= 11 is 0. The first-order chi connectivity index (χ1) is 15.2. The molecule has 1 saturated heterocycles. The first-order valence-corrected chi connectivity index (χ1v) is 10.5. The van der Waals surface area contributed by atoms with Gasteiger partial charge >= 0.3 is 6.18 Å². The topological polar surface area (TPSA) is 41.4 Å². The molecule has 0 unspecified atom stereocenters. The van der Waals surface area contributed by atoms with E-state index in [0.29, 0.717) is 37.6 Å². The predicted molar refractivity (Wildman–Crippen MR) is 117 cm³/mol. The van der Waals surface area contributed by atoms with E-state index < -0.39 is 11.7 Å². The van der Waals surface area contributed by atoms with Gasteiger partial charge in [0.2, 0.25) is 0 Å². The highest BCUT2D eigenvalue weighted by Gasteiger charge is 2.31. The molecule has 1 aliphatic rings. The Morgan fingerprint density at radius 3 is 2.25 bits per heavy atom. The highest BCUT2D eigenvalue weighted by molar-refractivity contribution is 5.96. The summed E-state index contributed by atoms with van der Waals surface area (Å²) in [4.78, 5) is 20.9. The number of aromatic nitrogens is 2. The molecule has 5 nitrogen and oxygen atoms in total. The molecule has 4 rings (SSSR count). The van der Waals surface area contributed by atoms with Gasteiger partial charge in [0.05, 0.1) is 11.1 Å². The van der Waals surface area contributed by atoms with Crippen molar-refractivity contribution in [2.24, 2.45) is 0 Å². The fourth-order valence-corrected chi connectivity index (χ4v) is 4.21. The number of hydrogen-bond donors (Lipinski definition) is 0. The second-order valence-electron chi connectivity index (χ2n) is 8.09. The Bertz CT molecular complexity index is 1130. The maximum Gasteiger partial charge on any atom is 0.417 e. The minimum Gasteiger partial charge on any atom is -0.353 e. The standard InChI is InChI=1S/C24H25F3N4O/c1-16-6-4-5-7-21(16)31-17(2)14-20(18(31)3)23(32)30-12-10-29(11-13-30)22-9-8-19(15-28-22)24(25,26)27/h4-9,14-15H,10-13H2,1-3H3. The average Bonchev–Trinajstić information content (AvgIpc) is 3.07. The van der Waals surface area contributed by atoms with Gasteiger partial charge in [-0.15, -0.1) is 0 Å². The van der Waals surface area contributed by atoms with Gasteiger partial charge in [0.15, 0.2) is 0 Å². The zero-order chi connectivity index (χ0) is 23.0. The van der Waals surface area contributed by atoms with Crippen molar-refractivity contribution in [1.29, 1.82) is 0 Å². The normalized spacial score (nSPS) is 14.7. The van der Waals surface area contributed by atoms with Crippen LogP contribution < -0.4 is 4.90 Å². The highest BCUT2D eigenvalue weighted by atomic mass is 19.4. The Balaban J connectivity index is 1.47. The number of halogens is 3. The number of hydrogen-bond acceptors (Lipinski definition) is 3. The van der Waals surface area contributed by atoms with Crippen molar-refractivity contribution >= 4 is 11.7 Å². The molecule has 1 aromatic carbocycles. The first-order valence-electron chi connectivity index (χ1n) is 10.5.